The average molecular weight is 254 g/mol. The Kier molecular flexibility index (Phi) is 5.01. The van der Waals surface area contributed by atoms with E-state index in [1.54, 1.807) is 0 Å². The first-order chi connectivity index (χ1) is 8.70. The number of nitrogens with zero attached hydrogens (tertiary/aromatic N) is 1. The molecular formula is C14H26N2O2. The van der Waals surface area contributed by atoms with Gasteiger partial charge in [-0.3, -0.25) is 4.79 Å². The fraction of sp³-hybridized carbons (Fsp3) is 0.929. The van der Waals surface area contributed by atoms with Gasteiger partial charge in [0.15, 0.2) is 0 Å². The molecule has 0 saturated carbocycles. The molecule has 18 heavy (non-hydrogen) atoms. The van der Waals surface area contributed by atoms with Gasteiger partial charge in [-0.2, -0.15) is 0 Å². The summed E-state index contributed by atoms with van der Waals surface area (Å²) in [4.78, 5) is 14.2. The molecule has 2 heterocycles. The van der Waals surface area contributed by atoms with Gasteiger partial charge in [0.2, 0.25) is 5.91 Å². The van der Waals surface area contributed by atoms with Gasteiger partial charge in [0, 0.05) is 25.7 Å². The van der Waals surface area contributed by atoms with E-state index in [2.05, 4.69) is 19.2 Å². The van der Waals surface area contributed by atoms with Gasteiger partial charge in [-0.25, -0.2) is 0 Å². The van der Waals surface area contributed by atoms with Crippen LogP contribution in [0.1, 0.15) is 39.5 Å². The summed E-state index contributed by atoms with van der Waals surface area (Å²) in [6.07, 6.45) is 4.00. The highest BCUT2D eigenvalue weighted by Gasteiger charge is 2.29. The number of carbonyl (C=O) groups excluding carboxylic acids is 1. The number of hydrogen-bond acceptors (Lipinski definition) is 3. The summed E-state index contributed by atoms with van der Waals surface area (Å²) in [5.74, 6) is 0.829. The molecule has 104 valence electrons. The van der Waals surface area contributed by atoms with Crippen LogP contribution in [0.15, 0.2) is 0 Å². The molecule has 2 fully saturated rings. The summed E-state index contributed by atoms with van der Waals surface area (Å²) in [7, 11) is 0. The maximum Gasteiger partial charge on any atom is 0.225 e. The Hall–Kier alpha value is -0.610. The molecule has 2 saturated heterocycles. The third-order valence-corrected chi connectivity index (χ3v) is 4.15. The molecule has 2 aliphatic heterocycles. The lowest BCUT2D eigenvalue weighted by molar-refractivity contribution is -0.135. The molecule has 1 amide bonds. The Labute approximate surface area is 110 Å². The smallest absolute Gasteiger partial charge is 0.225 e. The molecule has 0 bridgehead atoms. The van der Waals surface area contributed by atoms with E-state index >= 15 is 0 Å². The molecule has 4 nitrogen and oxygen atoms in total. The summed E-state index contributed by atoms with van der Waals surface area (Å²) in [6, 6.07) is 0.571. The van der Waals surface area contributed by atoms with Crippen LogP contribution in [0.5, 0.6) is 0 Å². The Bertz CT molecular complexity index is 277. The lowest BCUT2D eigenvalue weighted by atomic mass is 9.93. The Balaban J connectivity index is 1.78. The average Bonchev–Trinajstić information content (AvgIpc) is 2.84. The predicted molar refractivity (Wildman–Crippen MR) is 71.4 cm³/mol. The lowest BCUT2D eigenvalue weighted by Gasteiger charge is -2.37. The van der Waals surface area contributed by atoms with Gasteiger partial charge in [-0.05, 0) is 31.7 Å². The standard InChI is InChI=1S/C14H26N2O2/c1-3-15-13-6-7-16(10-11(13)2)14(17)9-12-5-4-8-18-12/h11-13,15H,3-10H2,1-2H3. The predicted octanol–water partition coefficient (Wildman–Crippen LogP) is 1.40. The molecule has 2 rings (SSSR count). The number of rotatable bonds is 4. The van der Waals surface area contributed by atoms with E-state index in [1.165, 1.54) is 0 Å². The molecule has 0 aromatic heterocycles. The SMILES string of the molecule is CCNC1CCN(C(=O)CC2CCCO2)CC1C. The van der Waals surface area contributed by atoms with Gasteiger partial charge in [0.05, 0.1) is 12.5 Å². The minimum atomic E-state index is 0.180. The van der Waals surface area contributed by atoms with Crippen molar-refractivity contribution < 1.29 is 9.53 Å². The highest BCUT2D eigenvalue weighted by molar-refractivity contribution is 5.76. The minimum absolute atomic E-state index is 0.180. The topological polar surface area (TPSA) is 41.6 Å². The van der Waals surface area contributed by atoms with Crippen molar-refractivity contribution in [2.24, 2.45) is 5.92 Å². The van der Waals surface area contributed by atoms with E-state index in [1.807, 2.05) is 4.90 Å². The van der Waals surface area contributed by atoms with Gasteiger partial charge >= 0.3 is 0 Å². The molecular weight excluding hydrogens is 228 g/mol. The first-order valence-corrected chi connectivity index (χ1v) is 7.33. The third kappa shape index (κ3) is 3.45. The molecule has 4 heteroatoms. The summed E-state index contributed by atoms with van der Waals surface area (Å²) in [6.45, 7) is 8.01. The van der Waals surface area contributed by atoms with Crippen LogP contribution in [0.4, 0.5) is 0 Å². The number of ether oxygens (including phenoxy) is 1. The van der Waals surface area contributed by atoms with Crippen molar-refractivity contribution in [3.8, 4) is 0 Å². The fourth-order valence-corrected chi connectivity index (χ4v) is 3.07. The largest absolute Gasteiger partial charge is 0.378 e. The van der Waals surface area contributed by atoms with Crippen LogP contribution >= 0.6 is 0 Å². The van der Waals surface area contributed by atoms with E-state index in [-0.39, 0.29) is 12.0 Å². The normalized spacial score (nSPS) is 32.8. The second-order valence-electron chi connectivity index (χ2n) is 5.61. The van der Waals surface area contributed by atoms with Gasteiger partial charge in [-0.1, -0.05) is 13.8 Å². The first-order valence-electron chi connectivity index (χ1n) is 7.33. The monoisotopic (exact) mass is 254 g/mol. The molecule has 0 aliphatic carbocycles. The minimum Gasteiger partial charge on any atom is -0.378 e. The fourth-order valence-electron chi connectivity index (χ4n) is 3.07. The molecule has 1 N–H and O–H groups in total. The van der Waals surface area contributed by atoms with E-state index < -0.39 is 0 Å². The Morgan fingerprint density at radius 1 is 1.44 bits per heavy atom. The number of piperidine rings is 1. The van der Waals surface area contributed by atoms with Gasteiger partial charge in [0.25, 0.3) is 0 Å². The highest BCUT2D eigenvalue weighted by Crippen LogP contribution is 2.20. The third-order valence-electron chi connectivity index (χ3n) is 4.15. The van der Waals surface area contributed by atoms with Crippen molar-refractivity contribution in [3.05, 3.63) is 0 Å². The quantitative estimate of drug-likeness (QED) is 0.824. The van der Waals surface area contributed by atoms with Crippen LogP contribution in [0.2, 0.25) is 0 Å². The van der Waals surface area contributed by atoms with Crippen molar-refractivity contribution in [2.75, 3.05) is 26.2 Å². The molecule has 0 aromatic carbocycles. The Morgan fingerprint density at radius 3 is 2.89 bits per heavy atom. The number of nitrogens with one attached hydrogen (secondary N) is 1. The van der Waals surface area contributed by atoms with Crippen LogP contribution in [0.25, 0.3) is 0 Å². The zero-order valence-corrected chi connectivity index (χ0v) is 11.7. The number of hydrogen-bond donors (Lipinski definition) is 1. The van der Waals surface area contributed by atoms with Crippen LogP contribution in [-0.2, 0) is 9.53 Å². The molecule has 2 aliphatic rings. The lowest BCUT2D eigenvalue weighted by Crippen LogP contribution is -2.50. The van der Waals surface area contributed by atoms with E-state index in [0.29, 0.717) is 18.4 Å². The summed E-state index contributed by atoms with van der Waals surface area (Å²) in [5.41, 5.74) is 0. The summed E-state index contributed by atoms with van der Waals surface area (Å²) < 4.78 is 5.54. The number of amides is 1. The second kappa shape index (κ2) is 6.53. The van der Waals surface area contributed by atoms with E-state index in [9.17, 15) is 4.79 Å². The second-order valence-corrected chi connectivity index (χ2v) is 5.61. The zero-order valence-electron chi connectivity index (χ0n) is 11.7. The van der Waals surface area contributed by atoms with Crippen molar-refractivity contribution in [2.45, 2.75) is 51.7 Å². The molecule has 0 radical (unpaired) electrons. The van der Waals surface area contributed by atoms with Crippen LogP contribution < -0.4 is 5.32 Å². The van der Waals surface area contributed by atoms with Crippen LogP contribution in [0, 0.1) is 5.92 Å². The van der Waals surface area contributed by atoms with Gasteiger partial charge in [0.1, 0.15) is 0 Å². The van der Waals surface area contributed by atoms with E-state index in [4.69, 9.17) is 4.74 Å². The van der Waals surface area contributed by atoms with Crippen molar-refractivity contribution >= 4 is 5.91 Å². The van der Waals surface area contributed by atoms with Crippen molar-refractivity contribution in [3.63, 3.8) is 0 Å². The van der Waals surface area contributed by atoms with Gasteiger partial charge < -0.3 is 15.0 Å². The number of likely N-dealkylation sites (tertiary alicyclic amines) is 1. The number of carbonyl (C=O) groups is 1. The van der Waals surface area contributed by atoms with Crippen molar-refractivity contribution in [1.29, 1.82) is 0 Å². The molecule has 3 atom stereocenters. The zero-order chi connectivity index (χ0) is 13.0. The van der Waals surface area contributed by atoms with Crippen LogP contribution in [0.3, 0.4) is 0 Å². The van der Waals surface area contributed by atoms with Crippen LogP contribution in [-0.4, -0.2) is 49.2 Å². The highest BCUT2D eigenvalue weighted by atomic mass is 16.5. The Morgan fingerprint density at radius 2 is 2.28 bits per heavy atom. The van der Waals surface area contributed by atoms with E-state index in [0.717, 1.165) is 45.5 Å². The maximum atomic E-state index is 12.2. The summed E-state index contributed by atoms with van der Waals surface area (Å²) >= 11 is 0. The van der Waals surface area contributed by atoms with Gasteiger partial charge in [-0.15, -0.1) is 0 Å². The molecule has 0 spiro atoms. The molecule has 3 unspecified atom stereocenters. The summed E-state index contributed by atoms with van der Waals surface area (Å²) in [5, 5.41) is 3.50. The maximum absolute atomic E-state index is 12.2. The molecule has 0 aromatic rings. The first kappa shape index (κ1) is 13.8. The van der Waals surface area contributed by atoms with Crippen molar-refractivity contribution in [1.82, 2.24) is 10.2 Å².